The summed E-state index contributed by atoms with van der Waals surface area (Å²) < 4.78 is 41.4. The topological polar surface area (TPSA) is 66.5 Å². The Morgan fingerprint density at radius 1 is 0.968 bits per heavy atom. The van der Waals surface area contributed by atoms with E-state index in [9.17, 15) is 17.6 Å². The average molecular weight is 439 g/mol. The van der Waals surface area contributed by atoms with Crippen molar-refractivity contribution in [2.45, 2.75) is 37.8 Å². The lowest BCUT2D eigenvalue weighted by Gasteiger charge is -2.35. The van der Waals surface area contributed by atoms with Crippen LogP contribution in [0.5, 0.6) is 0 Å². The van der Waals surface area contributed by atoms with Gasteiger partial charge in [0.25, 0.3) is 0 Å². The van der Waals surface area contributed by atoms with E-state index in [4.69, 9.17) is 0 Å². The van der Waals surface area contributed by atoms with E-state index in [0.29, 0.717) is 5.69 Å². The zero-order valence-corrected chi connectivity index (χ0v) is 18.1. The molecule has 0 aliphatic carbocycles. The molecule has 0 saturated heterocycles. The molecule has 0 radical (unpaired) electrons. The zero-order valence-electron chi connectivity index (χ0n) is 17.3. The maximum absolute atomic E-state index is 13.4. The van der Waals surface area contributed by atoms with Gasteiger partial charge >= 0.3 is 0 Å². The molecule has 1 aliphatic heterocycles. The molecule has 1 heterocycles. The molecule has 160 valence electrons. The van der Waals surface area contributed by atoms with Crippen LogP contribution >= 0.6 is 0 Å². The van der Waals surface area contributed by atoms with Crippen molar-refractivity contribution in [1.82, 2.24) is 4.31 Å². The molecule has 7 heteroatoms. The number of nitrogens with one attached hydrogen (secondary N) is 1. The number of hydrogen-bond acceptors (Lipinski definition) is 3. The van der Waals surface area contributed by atoms with Gasteiger partial charge in [0, 0.05) is 12.2 Å². The number of carbonyl (C=O) groups is 1. The highest BCUT2D eigenvalue weighted by molar-refractivity contribution is 7.89. The third-order valence-corrected chi connectivity index (χ3v) is 7.66. The van der Waals surface area contributed by atoms with Crippen LogP contribution in [0.4, 0.5) is 10.1 Å². The molecular formula is C24H23FN2O3S. The highest BCUT2D eigenvalue weighted by atomic mass is 32.2. The Hall–Kier alpha value is -3.03. The maximum atomic E-state index is 13.4. The highest BCUT2D eigenvalue weighted by Crippen LogP contribution is 2.30. The lowest BCUT2D eigenvalue weighted by molar-refractivity contribution is -0.120. The molecule has 3 aromatic carbocycles. The van der Waals surface area contributed by atoms with E-state index in [-0.39, 0.29) is 17.9 Å². The van der Waals surface area contributed by atoms with Gasteiger partial charge < -0.3 is 5.32 Å². The molecule has 3 aromatic rings. The SMILES string of the molecule is Cc1cccc(NC(=O)[C@H]2Cc3ccccc3CN2S(=O)(=O)c2ccc(F)cc2)c1C. The summed E-state index contributed by atoms with van der Waals surface area (Å²) in [4.78, 5) is 13.3. The number of hydrogen-bond donors (Lipinski definition) is 1. The lowest BCUT2D eigenvalue weighted by Crippen LogP contribution is -2.50. The fraction of sp³-hybridized carbons (Fsp3) is 0.208. The standard InChI is InChI=1S/C24H23FN2O3S/c1-16-6-5-9-22(17(16)2)26-24(28)23-14-18-7-3-4-8-19(18)15-27(23)31(29,30)21-12-10-20(25)11-13-21/h3-13,23H,14-15H2,1-2H3,(H,26,28)/t23-/m1/s1. The number of anilines is 1. The van der Waals surface area contributed by atoms with E-state index in [1.165, 1.54) is 16.4 Å². The first-order valence-corrected chi connectivity index (χ1v) is 11.4. The van der Waals surface area contributed by atoms with Crippen molar-refractivity contribution >= 4 is 21.6 Å². The second kappa shape index (κ2) is 8.24. The summed E-state index contributed by atoms with van der Waals surface area (Å²) in [6.45, 7) is 3.93. The van der Waals surface area contributed by atoms with Crippen molar-refractivity contribution in [1.29, 1.82) is 0 Å². The van der Waals surface area contributed by atoms with E-state index in [1.807, 2.05) is 50.2 Å². The van der Waals surface area contributed by atoms with Crippen molar-refractivity contribution < 1.29 is 17.6 Å². The second-order valence-corrected chi connectivity index (χ2v) is 9.62. The average Bonchev–Trinajstić information content (AvgIpc) is 2.76. The van der Waals surface area contributed by atoms with Gasteiger partial charge in [-0.05, 0) is 72.9 Å². The molecule has 31 heavy (non-hydrogen) atoms. The largest absolute Gasteiger partial charge is 0.324 e. The molecule has 1 N–H and O–H groups in total. The van der Waals surface area contributed by atoms with Gasteiger partial charge in [-0.2, -0.15) is 4.31 Å². The van der Waals surface area contributed by atoms with Crippen LogP contribution in [0.25, 0.3) is 0 Å². The van der Waals surface area contributed by atoms with Crippen molar-refractivity contribution in [3.8, 4) is 0 Å². The summed E-state index contributed by atoms with van der Waals surface area (Å²) in [6.07, 6.45) is 0.257. The summed E-state index contributed by atoms with van der Waals surface area (Å²) in [7, 11) is -4.02. The van der Waals surface area contributed by atoms with Crippen molar-refractivity contribution in [2.75, 3.05) is 5.32 Å². The Morgan fingerprint density at radius 3 is 2.35 bits per heavy atom. The number of benzene rings is 3. The minimum atomic E-state index is -4.02. The number of aryl methyl sites for hydroxylation is 1. The lowest BCUT2D eigenvalue weighted by atomic mass is 9.95. The van der Waals surface area contributed by atoms with E-state index in [0.717, 1.165) is 34.4 Å². The molecule has 5 nitrogen and oxygen atoms in total. The van der Waals surface area contributed by atoms with Crippen LogP contribution in [0.3, 0.4) is 0 Å². The van der Waals surface area contributed by atoms with Crippen molar-refractivity contribution in [3.63, 3.8) is 0 Å². The van der Waals surface area contributed by atoms with Gasteiger partial charge in [-0.1, -0.05) is 36.4 Å². The smallest absolute Gasteiger partial charge is 0.244 e. The van der Waals surface area contributed by atoms with Crippen LogP contribution < -0.4 is 5.32 Å². The number of sulfonamides is 1. The first kappa shape index (κ1) is 21.2. The van der Waals surface area contributed by atoms with Gasteiger partial charge in [0.05, 0.1) is 4.90 Å². The molecule has 0 unspecified atom stereocenters. The highest BCUT2D eigenvalue weighted by Gasteiger charge is 2.39. The fourth-order valence-electron chi connectivity index (χ4n) is 3.82. The Balaban J connectivity index is 1.73. The molecule has 0 bridgehead atoms. The predicted octanol–water partition coefficient (Wildman–Crippen LogP) is 4.20. The first-order valence-electron chi connectivity index (χ1n) is 9.98. The van der Waals surface area contributed by atoms with Gasteiger partial charge in [-0.15, -0.1) is 0 Å². The van der Waals surface area contributed by atoms with Gasteiger partial charge in [0.15, 0.2) is 0 Å². The maximum Gasteiger partial charge on any atom is 0.244 e. The summed E-state index contributed by atoms with van der Waals surface area (Å²) >= 11 is 0. The Bertz CT molecular complexity index is 1240. The van der Waals surface area contributed by atoms with Crippen LogP contribution in [0, 0.1) is 19.7 Å². The Labute approximate surface area is 181 Å². The van der Waals surface area contributed by atoms with E-state index in [2.05, 4.69) is 5.32 Å². The summed E-state index contributed by atoms with van der Waals surface area (Å²) in [6, 6.07) is 16.8. The van der Waals surface area contributed by atoms with Crippen molar-refractivity contribution in [2.24, 2.45) is 0 Å². The van der Waals surface area contributed by atoms with Gasteiger partial charge in [0.2, 0.25) is 15.9 Å². The summed E-state index contributed by atoms with van der Waals surface area (Å²) in [5, 5.41) is 2.91. The first-order chi connectivity index (χ1) is 14.8. The van der Waals surface area contributed by atoms with E-state index >= 15 is 0 Å². The molecule has 0 aromatic heterocycles. The molecule has 0 spiro atoms. The quantitative estimate of drug-likeness (QED) is 0.664. The van der Waals surface area contributed by atoms with Gasteiger partial charge in [-0.25, -0.2) is 12.8 Å². The Kier molecular flexibility index (Phi) is 5.64. The Morgan fingerprint density at radius 2 is 1.65 bits per heavy atom. The molecule has 0 fully saturated rings. The van der Waals surface area contributed by atoms with Crippen LogP contribution in [0.2, 0.25) is 0 Å². The molecule has 1 amide bonds. The van der Waals surface area contributed by atoms with Gasteiger partial charge in [-0.3, -0.25) is 4.79 Å². The number of amides is 1. The van der Waals surface area contributed by atoms with Crippen LogP contribution in [0.15, 0.2) is 71.6 Å². The normalized spacial score (nSPS) is 16.5. The van der Waals surface area contributed by atoms with Gasteiger partial charge in [0.1, 0.15) is 11.9 Å². The number of fused-ring (bicyclic) bond motifs is 1. The van der Waals surface area contributed by atoms with E-state index < -0.39 is 27.8 Å². The summed E-state index contributed by atoms with van der Waals surface area (Å²) in [5.74, 6) is -0.916. The summed E-state index contributed by atoms with van der Waals surface area (Å²) in [5.41, 5.74) is 4.41. The van der Waals surface area contributed by atoms with Crippen LogP contribution in [-0.2, 0) is 27.8 Å². The molecule has 1 atom stereocenters. The van der Waals surface area contributed by atoms with Crippen molar-refractivity contribution in [3.05, 3.63) is 94.8 Å². The fourth-order valence-corrected chi connectivity index (χ4v) is 5.38. The number of rotatable bonds is 4. The predicted molar refractivity (Wildman–Crippen MR) is 118 cm³/mol. The molecule has 1 aliphatic rings. The number of nitrogens with zero attached hydrogens (tertiary/aromatic N) is 1. The third-order valence-electron chi connectivity index (χ3n) is 5.79. The second-order valence-electron chi connectivity index (χ2n) is 7.73. The minimum absolute atomic E-state index is 0.0437. The molecule has 0 saturated carbocycles. The zero-order chi connectivity index (χ0) is 22.2. The van der Waals surface area contributed by atoms with Crippen LogP contribution in [0.1, 0.15) is 22.3 Å². The molecule has 4 rings (SSSR count). The number of halogens is 1. The van der Waals surface area contributed by atoms with E-state index in [1.54, 1.807) is 6.07 Å². The third kappa shape index (κ3) is 4.11. The van der Waals surface area contributed by atoms with Crippen LogP contribution in [-0.4, -0.2) is 24.7 Å². The number of carbonyl (C=O) groups excluding carboxylic acids is 1. The monoisotopic (exact) mass is 438 g/mol. The molecular weight excluding hydrogens is 415 g/mol. The minimum Gasteiger partial charge on any atom is -0.324 e.